The molecular weight excluding hydrogens is 159 g/mol. The summed E-state index contributed by atoms with van der Waals surface area (Å²) in [4.78, 5) is 4.02. The third kappa shape index (κ3) is 4.55. The van der Waals surface area contributed by atoms with Crippen molar-refractivity contribution in [2.24, 2.45) is 10.7 Å². The molecule has 2 N–H and O–H groups in total. The van der Waals surface area contributed by atoms with E-state index < -0.39 is 0 Å². The van der Waals surface area contributed by atoms with Gasteiger partial charge in [-0.25, -0.2) is 0 Å². The zero-order valence-corrected chi connectivity index (χ0v) is 6.80. The first-order chi connectivity index (χ1) is 3.39. The van der Waals surface area contributed by atoms with Crippen LogP contribution in [-0.4, -0.2) is 12.4 Å². The number of amidine groups is 1. The van der Waals surface area contributed by atoms with Crippen LogP contribution in [0, 0.1) is 0 Å². The summed E-state index contributed by atoms with van der Waals surface area (Å²) in [5, 5.41) is 0. The fraction of sp³-hybridized carbons (Fsp3) is 0.800. The number of nitrogens with two attached hydrogens (primary N) is 1. The Labute approximate surface area is 67.7 Å². The number of halogens is 2. The van der Waals surface area contributed by atoms with Gasteiger partial charge in [0.15, 0.2) is 0 Å². The number of hydrogen-bond donors (Lipinski definition) is 1. The lowest BCUT2D eigenvalue weighted by molar-refractivity contribution is 0.733. The Kier molecular flexibility index (Phi) is 8.09. The van der Waals surface area contributed by atoms with Crippen LogP contribution in [-0.2, 0) is 0 Å². The highest BCUT2D eigenvalue weighted by Crippen LogP contribution is 2.01. The molecule has 0 aromatic heterocycles. The number of aliphatic imine (C=N–C) groups is 1. The Morgan fingerprint density at radius 3 is 2.11 bits per heavy atom. The van der Waals surface area contributed by atoms with Crippen LogP contribution in [0.2, 0.25) is 0 Å². The maximum atomic E-state index is 5.38. The molecule has 56 valence electrons. The molecule has 0 atom stereocenters. The van der Waals surface area contributed by atoms with Crippen molar-refractivity contribution in [1.82, 2.24) is 0 Å². The predicted molar refractivity (Wildman–Crippen MR) is 44.8 cm³/mol. The Balaban J connectivity index is 0. The average Bonchev–Trinajstić information content (AvgIpc) is 1.69. The molecule has 0 amide bonds. The summed E-state index contributed by atoms with van der Waals surface area (Å²) in [6, 6.07) is 0. The first-order valence-electron chi connectivity index (χ1n) is 2.68. The second-order valence-corrected chi connectivity index (χ2v) is 1.83. The lowest BCUT2D eigenvalue weighted by Gasteiger charge is -2.04. The monoisotopic (exact) mass is 170 g/mol. The molecule has 0 saturated heterocycles. The molecule has 9 heavy (non-hydrogen) atoms. The van der Waals surface area contributed by atoms with E-state index in [1.807, 2.05) is 0 Å². The summed E-state index contributed by atoms with van der Waals surface area (Å²) in [6.07, 6.45) is 3.47. The van der Waals surface area contributed by atoms with Crippen LogP contribution in [0.1, 0.15) is 19.3 Å². The molecular formula is C5H12Cl2N2. The van der Waals surface area contributed by atoms with Crippen molar-refractivity contribution >= 4 is 30.6 Å². The van der Waals surface area contributed by atoms with Gasteiger partial charge in [-0.15, -0.1) is 24.8 Å². The van der Waals surface area contributed by atoms with E-state index >= 15 is 0 Å². The van der Waals surface area contributed by atoms with Gasteiger partial charge in [0.2, 0.25) is 0 Å². The molecule has 1 aliphatic heterocycles. The molecule has 0 aromatic carbocycles. The van der Waals surface area contributed by atoms with Gasteiger partial charge in [0.05, 0.1) is 5.84 Å². The van der Waals surface area contributed by atoms with Crippen LogP contribution in [0.25, 0.3) is 0 Å². The minimum Gasteiger partial charge on any atom is -0.387 e. The number of hydrogen-bond acceptors (Lipinski definition) is 2. The van der Waals surface area contributed by atoms with Gasteiger partial charge < -0.3 is 5.73 Å². The minimum atomic E-state index is 0. The maximum absolute atomic E-state index is 5.38. The molecule has 0 aromatic rings. The van der Waals surface area contributed by atoms with Crippen molar-refractivity contribution in [2.45, 2.75) is 19.3 Å². The third-order valence-electron chi connectivity index (χ3n) is 1.16. The lowest BCUT2D eigenvalue weighted by Crippen LogP contribution is -2.15. The van der Waals surface area contributed by atoms with Gasteiger partial charge in [-0.3, -0.25) is 4.99 Å². The van der Waals surface area contributed by atoms with Gasteiger partial charge in [-0.1, -0.05) is 0 Å². The molecule has 0 fully saturated rings. The van der Waals surface area contributed by atoms with Crippen LogP contribution < -0.4 is 5.73 Å². The Morgan fingerprint density at radius 1 is 1.22 bits per heavy atom. The summed E-state index contributed by atoms with van der Waals surface area (Å²) in [6.45, 7) is 0.950. The summed E-state index contributed by atoms with van der Waals surface area (Å²) in [5.74, 6) is 0.839. The largest absolute Gasteiger partial charge is 0.387 e. The van der Waals surface area contributed by atoms with E-state index in [1.165, 1.54) is 12.8 Å². The van der Waals surface area contributed by atoms with E-state index in [4.69, 9.17) is 5.73 Å². The molecule has 0 saturated carbocycles. The maximum Gasteiger partial charge on any atom is 0.0937 e. The highest BCUT2D eigenvalue weighted by atomic mass is 35.5. The fourth-order valence-corrected chi connectivity index (χ4v) is 0.720. The van der Waals surface area contributed by atoms with Crippen molar-refractivity contribution in [3.8, 4) is 0 Å². The first kappa shape index (κ1) is 11.8. The molecule has 1 aliphatic rings. The summed E-state index contributed by atoms with van der Waals surface area (Å²) < 4.78 is 0. The smallest absolute Gasteiger partial charge is 0.0937 e. The molecule has 1 heterocycles. The molecule has 0 spiro atoms. The van der Waals surface area contributed by atoms with Gasteiger partial charge in [-0.2, -0.15) is 0 Å². The first-order valence-corrected chi connectivity index (χ1v) is 2.68. The third-order valence-corrected chi connectivity index (χ3v) is 1.16. The van der Waals surface area contributed by atoms with Crippen LogP contribution in [0.3, 0.4) is 0 Å². The molecule has 4 heteroatoms. The van der Waals surface area contributed by atoms with Crippen molar-refractivity contribution in [1.29, 1.82) is 0 Å². The van der Waals surface area contributed by atoms with Crippen molar-refractivity contribution in [2.75, 3.05) is 6.54 Å². The molecule has 2 nitrogen and oxygen atoms in total. The van der Waals surface area contributed by atoms with Crippen molar-refractivity contribution < 1.29 is 0 Å². The Morgan fingerprint density at radius 2 is 1.89 bits per heavy atom. The van der Waals surface area contributed by atoms with E-state index in [9.17, 15) is 0 Å². The fourth-order valence-electron chi connectivity index (χ4n) is 0.720. The number of nitrogens with zero attached hydrogens (tertiary/aromatic N) is 1. The lowest BCUT2D eigenvalue weighted by atomic mass is 10.2. The minimum absolute atomic E-state index is 0. The van der Waals surface area contributed by atoms with Crippen molar-refractivity contribution in [3.63, 3.8) is 0 Å². The van der Waals surface area contributed by atoms with Gasteiger partial charge in [0, 0.05) is 13.0 Å². The zero-order valence-electron chi connectivity index (χ0n) is 5.17. The molecule has 1 rings (SSSR count). The van der Waals surface area contributed by atoms with E-state index in [2.05, 4.69) is 4.99 Å². The van der Waals surface area contributed by atoms with E-state index in [1.54, 1.807) is 0 Å². The van der Waals surface area contributed by atoms with Crippen LogP contribution in [0.15, 0.2) is 4.99 Å². The van der Waals surface area contributed by atoms with Gasteiger partial charge in [0.25, 0.3) is 0 Å². The molecule has 0 radical (unpaired) electrons. The highest BCUT2D eigenvalue weighted by molar-refractivity contribution is 5.85. The predicted octanol–water partition coefficient (Wildman–Crippen LogP) is 1.37. The Bertz CT molecular complexity index is 93.0. The standard InChI is InChI=1S/C5H10N2.2ClH/c6-5-3-1-2-4-7-5;;/h1-4H2,(H2,6,7);2*1H. The zero-order chi connectivity index (χ0) is 5.11. The van der Waals surface area contributed by atoms with E-state index in [-0.39, 0.29) is 24.8 Å². The SMILES string of the molecule is Cl.Cl.NC1=NCCCC1. The van der Waals surface area contributed by atoms with E-state index in [0.29, 0.717) is 0 Å². The summed E-state index contributed by atoms with van der Waals surface area (Å²) >= 11 is 0. The molecule has 0 bridgehead atoms. The van der Waals surface area contributed by atoms with Gasteiger partial charge >= 0.3 is 0 Å². The van der Waals surface area contributed by atoms with Crippen LogP contribution in [0.4, 0.5) is 0 Å². The molecule has 0 aliphatic carbocycles. The van der Waals surface area contributed by atoms with Gasteiger partial charge in [0.1, 0.15) is 0 Å². The van der Waals surface area contributed by atoms with Crippen molar-refractivity contribution in [3.05, 3.63) is 0 Å². The van der Waals surface area contributed by atoms with Gasteiger partial charge in [-0.05, 0) is 12.8 Å². The molecule has 0 unspecified atom stereocenters. The second kappa shape index (κ2) is 6.17. The van der Waals surface area contributed by atoms with E-state index in [0.717, 1.165) is 18.8 Å². The normalized spacial score (nSPS) is 16.7. The highest BCUT2D eigenvalue weighted by Gasteiger charge is 1.97. The summed E-state index contributed by atoms with van der Waals surface area (Å²) in [5.41, 5.74) is 5.38. The summed E-state index contributed by atoms with van der Waals surface area (Å²) in [7, 11) is 0. The topological polar surface area (TPSA) is 38.4 Å². The number of rotatable bonds is 0. The average molecular weight is 171 g/mol. The second-order valence-electron chi connectivity index (χ2n) is 1.83. The quantitative estimate of drug-likeness (QED) is 0.587. The van der Waals surface area contributed by atoms with Crippen LogP contribution in [0.5, 0.6) is 0 Å². The van der Waals surface area contributed by atoms with Crippen LogP contribution >= 0.6 is 24.8 Å². The Hall–Kier alpha value is 0.0500.